The van der Waals surface area contributed by atoms with E-state index in [1.807, 2.05) is 6.07 Å². The molecule has 0 fully saturated rings. The van der Waals surface area contributed by atoms with Crippen molar-refractivity contribution in [1.82, 2.24) is 9.78 Å². The van der Waals surface area contributed by atoms with Crippen molar-refractivity contribution in [2.45, 2.75) is 19.4 Å². The van der Waals surface area contributed by atoms with Crippen molar-refractivity contribution >= 4 is 11.6 Å². The standard InChI is InChI=1S/C16H19N4O2/c1-22-13-3-4-15-12(11-13)5-9-19(15)7-2-8-20-10-6-14(18-20)16(17)21/h3-4,10-11H,2,5,7-9H2,1H3,(H2,17,21). The van der Waals surface area contributed by atoms with Gasteiger partial charge in [0.15, 0.2) is 5.69 Å². The fourth-order valence-electron chi connectivity index (χ4n) is 2.79. The van der Waals surface area contributed by atoms with E-state index in [2.05, 4.69) is 28.2 Å². The number of amides is 1. The number of carbonyl (C=O) groups is 1. The van der Waals surface area contributed by atoms with Gasteiger partial charge < -0.3 is 15.4 Å². The molecule has 1 aromatic carbocycles. The fourth-order valence-corrected chi connectivity index (χ4v) is 2.79. The number of carbonyl (C=O) groups excluding carboxylic acids is 1. The molecule has 2 aromatic rings. The van der Waals surface area contributed by atoms with E-state index in [1.54, 1.807) is 18.0 Å². The maximum Gasteiger partial charge on any atom is 0.269 e. The lowest BCUT2D eigenvalue weighted by atomic mass is 10.1. The maximum absolute atomic E-state index is 11.0. The van der Waals surface area contributed by atoms with Crippen LogP contribution in [0.25, 0.3) is 0 Å². The second-order valence-electron chi connectivity index (χ2n) is 5.33. The van der Waals surface area contributed by atoms with Crippen molar-refractivity contribution in [2.24, 2.45) is 5.73 Å². The molecule has 2 heterocycles. The Morgan fingerprint density at radius 1 is 1.45 bits per heavy atom. The number of hydrogen-bond acceptors (Lipinski definition) is 4. The average Bonchev–Trinajstić information content (AvgIpc) is 3.14. The predicted octanol–water partition coefficient (Wildman–Crippen LogP) is 1.24. The molecule has 0 aliphatic carbocycles. The normalized spacial score (nSPS) is 13.2. The first kappa shape index (κ1) is 14.4. The van der Waals surface area contributed by atoms with Crippen LogP contribution in [0.5, 0.6) is 5.75 Å². The van der Waals surface area contributed by atoms with Gasteiger partial charge >= 0.3 is 0 Å². The molecule has 1 aliphatic heterocycles. The molecule has 0 spiro atoms. The summed E-state index contributed by atoms with van der Waals surface area (Å²) in [6, 6.07) is 8.99. The van der Waals surface area contributed by atoms with E-state index < -0.39 is 5.91 Å². The van der Waals surface area contributed by atoms with Crippen LogP contribution >= 0.6 is 0 Å². The molecule has 6 heteroatoms. The SMILES string of the molecule is COc1ccc2c(c1)CCN2CCCn1c[c]c(C(N)=O)n1. The molecule has 2 N–H and O–H groups in total. The zero-order valence-corrected chi connectivity index (χ0v) is 12.6. The van der Waals surface area contributed by atoms with Gasteiger partial charge in [0.05, 0.1) is 7.11 Å². The van der Waals surface area contributed by atoms with Crippen molar-refractivity contribution < 1.29 is 9.53 Å². The smallest absolute Gasteiger partial charge is 0.269 e. The number of aromatic nitrogens is 2. The van der Waals surface area contributed by atoms with Crippen LogP contribution < -0.4 is 15.4 Å². The van der Waals surface area contributed by atoms with Crippen molar-refractivity contribution in [3.8, 4) is 5.75 Å². The summed E-state index contributed by atoms with van der Waals surface area (Å²) in [5.74, 6) is 0.368. The predicted molar refractivity (Wildman–Crippen MR) is 83.1 cm³/mol. The van der Waals surface area contributed by atoms with Crippen molar-refractivity contribution in [3.63, 3.8) is 0 Å². The third-order valence-corrected chi connectivity index (χ3v) is 3.91. The van der Waals surface area contributed by atoms with Crippen LogP contribution in [0, 0.1) is 6.07 Å². The van der Waals surface area contributed by atoms with Crippen LogP contribution in [-0.4, -0.2) is 35.9 Å². The Kier molecular flexibility index (Phi) is 4.00. The third-order valence-electron chi connectivity index (χ3n) is 3.91. The number of fused-ring (bicyclic) bond motifs is 1. The number of nitrogens with two attached hydrogens (primary N) is 1. The van der Waals surface area contributed by atoms with Gasteiger partial charge in [0.25, 0.3) is 5.91 Å². The quantitative estimate of drug-likeness (QED) is 0.871. The highest BCUT2D eigenvalue weighted by atomic mass is 16.5. The summed E-state index contributed by atoms with van der Waals surface area (Å²) in [6.07, 6.45) is 3.66. The molecule has 0 bridgehead atoms. The topological polar surface area (TPSA) is 73.4 Å². The highest BCUT2D eigenvalue weighted by Gasteiger charge is 2.19. The molecule has 1 aromatic heterocycles. The third kappa shape index (κ3) is 2.90. The number of aryl methyl sites for hydroxylation is 1. The number of anilines is 1. The van der Waals surface area contributed by atoms with E-state index in [-0.39, 0.29) is 5.69 Å². The lowest BCUT2D eigenvalue weighted by Crippen LogP contribution is -2.23. The Morgan fingerprint density at radius 2 is 2.32 bits per heavy atom. The Morgan fingerprint density at radius 3 is 3.05 bits per heavy atom. The molecule has 0 atom stereocenters. The second kappa shape index (κ2) is 6.09. The summed E-state index contributed by atoms with van der Waals surface area (Å²) in [4.78, 5) is 13.4. The zero-order valence-electron chi connectivity index (χ0n) is 12.6. The average molecular weight is 299 g/mol. The molecule has 115 valence electrons. The Labute approximate surface area is 129 Å². The lowest BCUT2D eigenvalue weighted by molar-refractivity contribution is 0.0994. The van der Waals surface area contributed by atoms with Gasteiger partial charge in [-0.25, -0.2) is 0 Å². The summed E-state index contributed by atoms with van der Waals surface area (Å²) < 4.78 is 6.98. The first-order valence-corrected chi connectivity index (χ1v) is 7.34. The van der Waals surface area contributed by atoms with Crippen LogP contribution in [0.3, 0.4) is 0 Å². The largest absolute Gasteiger partial charge is 0.497 e. The monoisotopic (exact) mass is 299 g/mol. The van der Waals surface area contributed by atoms with Crippen LogP contribution in [0.15, 0.2) is 24.4 Å². The first-order valence-electron chi connectivity index (χ1n) is 7.34. The number of rotatable bonds is 6. The molecular weight excluding hydrogens is 280 g/mol. The van der Waals surface area contributed by atoms with Gasteiger partial charge in [0.1, 0.15) is 5.75 Å². The molecule has 3 rings (SSSR count). The summed E-state index contributed by atoms with van der Waals surface area (Å²) in [5.41, 5.74) is 7.98. The van der Waals surface area contributed by atoms with Gasteiger partial charge in [-0.1, -0.05) is 0 Å². The summed E-state index contributed by atoms with van der Waals surface area (Å²) in [6.45, 7) is 2.72. The number of nitrogens with zero attached hydrogens (tertiary/aromatic N) is 3. The van der Waals surface area contributed by atoms with Gasteiger partial charge in [-0.3, -0.25) is 9.48 Å². The van der Waals surface area contributed by atoms with Crippen LogP contribution in [0.1, 0.15) is 22.5 Å². The van der Waals surface area contributed by atoms with E-state index >= 15 is 0 Å². The Hall–Kier alpha value is -2.50. The van der Waals surface area contributed by atoms with Crippen molar-refractivity contribution in [1.29, 1.82) is 0 Å². The zero-order chi connectivity index (χ0) is 15.5. The molecule has 0 saturated heterocycles. The molecular formula is C16H19N4O2. The number of ether oxygens (including phenoxy) is 1. The minimum absolute atomic E-state index is 0.193. The van der Waals surface area contributed by atoms with Crippen molar-refractivity contribution in [2.75, 3.05) is 25.1 Å². The molecule has 6 nitrogen and oxygen atoms in total. The molecule has 1 aliphatic rings. The van der Waals surface area contributed by atoms with Gasteiger partial charge in [-0.15, -0.1) is 0 Å². The van der Waals surface area contributed by atoms with Gasteiger partial charge in [0.2, 0.25) is 0 Å². The fraction of sp³-hybridized carbons (Fsp3) is 0.375. The van der Waals surface area contributed by atoms with Gasteiger partial charge in [-0.2, -0.15) is 5.10 Å². The maximum atomic E-state index is 11.0. The second-order valence-corrected chi connectivity index (χ2v) is 5.33. The van der Waals surface area contributed by atoms with Crippen LogP contribution in [0.2, 0.25) is 0 Å². The number of benzene rings is 1. The summed E-state index contributed by atoms with van der Waals surface area (Å²) >= 11 is 0. The molecule has 1 amide bonds. The van der Waals surface area contributed by atoms with E-state index in [1.165, 1.54) is 11.3 Å². The Balaban J connectivity index is 1.56. The van der Waals surface area contributed by atoms with Crippen molar-refractivity contribution in [3.05, 3.63) is 41.7 Å². The number of hydrogen-bond donors (Lipinski definition) is 1. The number of primary amides is 1. The molecule has 0 saturated carbocycles. The van der Waals surface area contributed by atoms with Crippen LogP contribution in [0.4, 0.5) is 5.69 Å². The number of methoxy groups -OCH3 is 1. The van der Waals surface area contributed by atoms with E-state index in [0.717, 1.165) is 38.2 Å². The molecule has 22 heavy (non-hydrogen) atoms. The molecule has 0 unspecified atom stereocenters. The van der Waals surface area contributed by atoms with E-state index in [9.17, 15) is 4.79 Å². The van der Waals surface area contributed by atoms with Gasteiger partial charge in [-0.05, 0) is 36.6 Å². The Bertz CT molecular complexity index is 681. The summed E-state index contributed by atoms with van der Waals surface area (Å²) in [7, 11) is 1.69. The highest BCUT2D eigenvalue weighted by molar-refractivity contribution is 5.90. The van der Waals surface area contributed by atoms with E-state index in [4.69, 9.17) is 10.5 Å². The molecule has 1 radical (unpaired) electrons. The highest BCUT2D eigenvalue weighted by Crippen LogP contribution is 2.31. The van der Waals surface area contributed by atoms with Gasteiger partial charge in [0, 0.05) is 37.6 Å². The van der Waals surface area contributed by atoms with E-state index in [0.29, 0.717) is 0 Å². The minimum atomic E-state index is -0.541. The lowest BCUT2D eigenvalue weighted by Gasteiger charge is -2.19. The van der Waals surface area contributed by atoms with Crippen LogP contribution in [-0.2, 0) is 13.0 Å². The minimum Gasteiger partial charge on any atom is -0.497 e. The first-order chi connectivity index (χ1) is 10.7. The summed E-state index contributed by atoms with van der Waals surface area (Å²) in [5, 5.41) is 4.09.